The fourth-order valence-electron chi connectivity index (χ4n) is 3.05. The van der Waals surface area contributed by atoms with Gasteiger partial charge in [-0.05, 0) is 11.6 Å². The number of rotatable bonds is 10. The molecule has 0 unspecified atom stereocenters. The number of methoxy groups -OCH3 is 1. The van der Waals surface area contributed by atoms with Crippen molar-refractivity contribution in [3.63, 3.8) is 0 Å². The zero-order valence-corrected chi connectivity index (χ0v) is 18.2. The second-order valence-corrected chi connectivity index (χ2v) is 7.64. The van der Waals surface area contributed by atoms with Crippen molar-refractivity contribution in [3.05, 3.63) is 72.2 Å². The van der Waals surface area contributed by atoms with E-state index in [1.165, 1.54) is 11.8 Å². The molecule has 2 aromatic carbocycles. The maximum Gasteiger partial charge on any atom is 0.226 e. The van der Waals surface area contributed by atoms with Gasteiger partial charge in [-0.3, -0.25) is 0 Å². The predicted molar refractivity (Wildman–Crippen MR) is 117 cm³/mol. The van der Waals surface area contributed by atoms with Crippen LogP contribution in [-0.4, -0.2) is 38.7 Å². The third-order valence-corrected chi connectivity index (χ3v) is 5.49. The van der Waals surface area contributed by atoms with Gasteiger partial charge in [0.15, 0.2) is 11.0 Å². The first-order valence-corrected chi connectivity index (χ1v) is 10.8. The van der Waals surface area contributed by atoms with Gasteiger partial charge in [-0.2, -0.15) is 0 Å². The Morgan fingerprint density at radius 2 is 1.77 bits per heavy atom. The zero-order chi connectivity index (χ0) is 21.5. The highest BCUT2D eigenvalue weighted by atomic mass is 32.2. The predicted octanol–water partition coefficient (Wildman–Crippen LogP) is 4.15. The molecular formula is C22H23N5O3S. The lowest BCUT2D eigenvalue weighted by Gasteiger charge is -2.13. The number of ether oxygens (including phenoxy) is 2. The first-order valence-electron chi connectivity index (χ1n) is 9.84. The summed E-state index contributed by atoms with van der Waals surface area (Å²) in [7, 11) is 1.67. The van der Waals surface area contributed by atoms with Crippen LogP contribution >= 0.6 is 11.8 Å². The molecule has 0 N–H and O–H groups in total. The van der Waals surface area contributed by atoms with E-state index in [2.05, 4.69) is 32.5 Å². The number of para-hydroxylation sites is 1. The molecule has 8 nitrogen and oxygen atoms in total. The molecule has 0 bridgehead atoms. The van der Waals surface area contributed by atoms with Crippen molar-refractivity contribution >= 4 is 11.8 Å². The second kappa shape index (κ2) is 10.2. The molecule has 9 heteroatoms. The van der Waals surface area contributed by atoms with Crippen molar-refractivity contribution in [2.75, 3.05) is 13.7 Å². The van der Waals surface area contributed by atoms with E-state index < -0.39 is 0 Å². The average Bonchev–Trinajstić information content (AvgIpc) is 3.40. The van der Waals surface area contributed by atoms with E-state index in [4.69, 9.17) is 13.9 Å². The van der Waals surface area contributed by atoms with Crippen LogP contribution in [0.5, 0.6) is 5.75 Å². The molecule has 0 amide bonds. The third kappa shape index (κ3) is 5.31. The van der Waals surface area contributed by atoms with E-state index in [0.717, 1.165) is 27.9 Å². The fourth-order valence-corrected chi connectivity index (χ4v) is 3.87. The molecule has 0 saturated heterocycles. The highest BCUT2D eigenvalue weighted by Gasteiger charge is 2.16. The summed E-state index contributed by atoms with van der Waals surface area (Å²) in [5.41, 5.74) is 2.14. The Labute approximate surface area is 184 Å². The third-order valence-electron chi connectivity index (χ3n) is 4.53. The van der Waals surface area contributed by atoms with Crippen LogP contribution < -0.4 is 4.74 Å². The summed E-state index contributed by atoms with van der Waals surface area (Å²) in [5.74, 6) is 3.14. The van der Waals surface area contributed by atoms with E-state index >= 15 is 0 Å². The smallest absolute Gasteiger partial charge is 0.226 e. The number of thioether (sulfide) groups is 1. The van der Waals surface area contributed by atoms with Gasteiger partial charge in [0, 0.05) is 26.1 Å². The minimum atomic E-state index is 0.292. The molecule has 0 atom stereocenters. The van der Waals surface area contributed by atoms with Gasteiger partial charge in [-0.15, -0.1) is 20.4 Å². The number of hydrogen-bond acceptors (Lipinski definition) is 8. The molecule has 0 fully saturated rings. The van der Waals surface area contributed by atoms with Crippen LogP contribution in [0.15, 0.2) is 64.2 Å². The van der Waals surface area contributed by atoms with Crippen LogP contribution in [-0.2, 0) is 23.6 Å². The summed E-state index contributed by atoms with van der Waals surface area (Å²) < 4.78 is 18.9. The first-order chi connectivity index (χ1) is 15.2. The topological polar surface area (TPSA) is 88.1 Å². The standard InChI is InChI=1S/C22H23N5O3S/c1-16-23-25-21(30-16)15-31-22-26-24-20(27(22)12-13-28-2)14-29-19-11-7-6-10-18(19)17-8-4-3-5-9-17/h3-11H,12-15H2,1-2H3. The Morgan fingerprint density at radius 3 is 2.55 bits per heavy atom. The van der Waals surface area contributed by atoms with Gasteiger partial charge in [0.1, 0.15) is 12.4 Å². The molecule has 0 aliphatic heterocycles. The highest BCUT2D eigenvalue weighted by molar-refractivity contribution is 7.98. The minimum Gasteiger partial charge on any atom is -0.485 e. The van der Waals surface area contributed by atoms with Crippen molar-refractivity contribution < 1.29 is 13.9 Å². The van der Waals surface area contributed by atoms with Crippen LogP contribution in [0.2, 0.25) is 0 Å². The summed E-state index contributed by atoms with van der Waals surface area (Å²) in [6.45, 7) is 3.22. The van der Waals surface area contributed by atoms with Gasteiger partial charge < -0.3 is 18.5 Å². The Bertz CT molecular complexity index is 1110. The molecule has 4 rings (SSSR count). The van der Waals surface area contributed by atoms with Crippen molar-refractivity contribution in [1.29, 1.82) is 0 Å². The minimum absolute atomic E-state index is 0.292. The van der Waals surface area contributed by atoms with E-state index in [1.54, 1.807) is 14.0 Å². The lowest BCUT2D eigenvalue weighted by Crippen LogP contribution is -2.12. The summed E-state index contributed by atoms with van der Waals surface area (Å²) in [5, 5.41) is 17.3. The molecule has 4 aromatic rings. The monoisotopic (exact) mass is 437 g/mol. The SMILES string of the molecule is COCCn1c(COc2ccccc2-c2ccccc2)nnc1SCc1nnc(C)o1. The Kier molecular flexibility index (Phi) is 6.96. The summed E-state index contributed by atoms with van der Waals surface area (Å²) in [4.78, 5) is 0. The Hall–Kier alpha value is -3.17. The molecule has 0 aliphatic rings. The van der Waals surface area contributed by atoms with Gasteiger partial charge in [-0.25, -0.2) is 0 Å². The van der Waals surface area contributed by atoms with Crippen molar-refractivity contribution in [3.8, 4) is 16.9 Å². The Balaban J connectivity index is 1.50. The number of aromatic nitrogens is 5. The van der Waals surface area contributed by atoms with Crippen LogP contribution in [0.4, 0.5) is 0 Å². The largest absolute Gasteiger partial charge is 0.485 e. The fraction of sp³-hybridized carbons (Fsp3) is 0.273. The van der Waals surface area contributed by atoms with Gasteiger partial charge >= 0.3 is 0 Å². The lowest BCUT2D eigenvalue weighted by molar-refractivity contribution is 0.181. The summed E-state index contributed by atoms with van der Waals surface area (Å²) in [6.07, 6.45) is 0. The zero-order valence-electron chi connectivity index (χ0n) is 17.4. The number of benzene rings is 2. The molecule has 0 saturated carbocycles. The van der Waals surface area contributed by atoms with E-state index in [-0.39, 0.29) is 0 Å². The van der Waals surface area contributed by atoms with Crippen LogP contribution in [0, 0.1) is 6.92 Å². The Morgan fingerprint density at radius 1 is 0.968 bits per heavy atom. The summed E-state index contributed by atoms with van der Waals surface area (Å²) >= 11 is 1.49. The quantitative estimate of drug-likeness (QED) is 0.342. The molecule has 0 radical (unpaired) electrons. The van der Waals surface area contributed by atoms with Crippen LogP contribution in [0.1, 0.15) is 17.6 Å². The molecule has 0 spiro atoms. The molecule has 2 aromatic heterocycles. The van der Waals surface area contributed by atoms with Crippen LogP contribution in [0.3, 0.4) is 0 Å². The number of nitrogens with zero attached hydrogens (tertiary/aromatic N) is 5. The molecular weight excluding hydrogens is 414 g/mol. The molecule has 31 heavy (non-hydrogen) atoms. The van der Waals surface area contributed by atoms with Crippen molar-refractivity contribution in [1.82, 2.24) is 25.0 Å². The second-order valence-electron chi connectivity index (χ2n) is 6.70. The maximum atomic E-state index is 6.16. The van der Waals surface area contributed by atoms with E-state index in [0.29, 0.717) is 37.3 Å². The maximum absolute atomic E-state index is 6.16. The normalized spacial score (nSPS) is 11.0. The van der Waals surface area contributed by atoms with E-state index in [9.17, 15) is 0 Å². The molecule has 2 heterocycles. The average molecular weight is 438 g/mol. The van der Waals surface area contributed by atoms with Gasteiger partial charge in [0.2, 0.25) is 11.8 Å². The van der Waals surface area contributed by atoms with Crippen LogP contribution in [0.25, 0.3) is 11.1 Å². The number of hydrogen-bond donors (Lipinski definition) is 0. The van der Waals surface area contributed by atoms with Crippen molar-refractivity contribution in [2.24, 2.45) is 0 Å². The first kappa shape index (κ1) is 21.1. The molecule has 160 valence electrons. The summed E-state index contributed by atoms with van der Waals surface area (Å²) in [6, 6.07) is 18.1. The number of aryl methyl sites for hydroxylation is 1. The van der Waals surface area contributed by atoms with Crippen molar-refractivity contribution in [2.45, 2.75) is 31.0 Å². The lowest BCUT2D eigenvalue weighted by atomic mass is 10.1. The highest BCUT2D eigenvalue weighted by Crippen LogP contribution is 2.30. The van der Waals surface area contributed by atoms with Gasteiger partial charge in [0.25, 0.3) is 0 Å². The van der Waals surface area contributed by atoms with Gasteiger partial charge in [0.05, 0.1) is 12.4 Å². The van der Waals surface area contributed by atoms with Gasteiger partial charge in [-0.1, -0.05) is 60.3 Å². The molecule has 0 aliphatic carbocycles. The van der Waals surface area contributed by atoms with E-state index in [1.807, 2.05) is 47.0 Å².